The Balaban J connectivity index is 1.47. The van der Waals surface area contributed by atoms with Gasteiger partial charge < -0.3 is 15.1 Å². The number of hydrogen-bond donors (Lipinski definition) is 1. The minimum absolute atomic E-state index is 0.180. The molecule has 0 spiro atoms. The fourth-order valence-electron chi connectivity index (χ4n) is 4.22. The lowest BCUT2D eigenvalue weighted by molar-refractivity contribution is -0.136. The van der Waals surface area contributed by atoms with Crippen LogP contribution < -0.4 is 5.32 Å². The van der Waals surface area contributed by atoms with E-state index in [0.717, 1.165) is 77.9 Å². The Labute approximate surface area is 145 Å². The molecule has 3 fully saturated rings. The number of rotatable bonds is 3. The summed E-state index contributed by atoms with van der Waals surface area (Å²) in [4.78, 5) is 31.4. The first-order valence-electron chi connectivity index (χ1n) is 9.66. The third-order valence-electron chi connectivity index (χ3n) is 5.69. The summed E-state index contributed by atoms with van der Waals surface area (Å²) in [5.74, 6) is 0.773. The lowest BCUT2D eigenvalue weighted by atomic mass is 9.92. The topological polar surface area (TPSA) is 55.9 Å². The van der Waals surface area contributed by atoms with E-state index >= 15 is 0 Å². The van der Waals surface area contributed by atoms with Gasteiger partial charge in [0.2, 0.25) is 11.8 Å². The molecule has 3 rings (SSSR count). The van der Waals surface area contributed by atoms with Crippen LogP contribution in [0.4, 0.5) is 0 Å². The molecule has 2 atom stereocenters. The second-order valence-electron chi connectivity index (χ2n) is 7.62. The molecule has 0 unspecified atom stereocenters. The number of carbonyl (C=O) groups is 2. The van der Waals surface area contributed by atoms with Crippen molar-refractivity contribution in [3.05, 3.63) is 0 Å². The second-order valence-corrected chi connectivity index (χ2v) is 7.62. The average molecular weight is 336 g/mol. The molecule has 136 valence electrons. The first-order chi connectivity index (χ1) is 11.6. The summed E-state index contributed by atoms with van der Waals surface area (Å²) in [5.41, 5.74) is 0. The first kappa shape index (κ1) is 17.7. The molecule has 3 heterocycles. The van der Waals surface area contributed by atoms with Crippen LogP contribution in [0, 0.1) is 5.92 Å². The van der Waals surface area contributed by atoms with Gasteiger partial charge in [-0.15, -0.1) is 0 Å². The molecule has 0 bridgehead atoms. The van der Waals surface area contributed by atoms with Crippen molar-refractivity contribution in [2.24, 2.45) is 5.92 Å². The van der Waals surface area contributed by atoms with Crippen LogP contribution in [0.5, 0.6) is 0 Å². The van der Waals surface area contributed by atoms with Crippen molar-refractivity contribution >= 4 is 11.8 Å². The predicted molar refractivity (Wildman–Crippen MR) is 93.6 cm³/mol. The van der Waals surface area contributed by atoms with E-state index in [1.54, 1.807) is 0 Å². The molecule has 0 aromatic rings. The summed E-state index contributed by atoms with van der Waals surface area (Å²) in [6, 6.07) is 0.439. The number of amides is 2. The Morgan fingerprint density at radius 3 is 2.46 bits per heavy atom. The molecule has 3 aliphatic rings. The number of carbonyl (C=O) groups excluding carboxylic acids is 2. The standard InChI is InChI=1S/C18H32N4O2/c1-15-13-16(5-6-19-15)18(24)22-10-4-7-20(11-12-22)14-17(23)21-8-2-3-9-21/h15-16,19H,2-14H2,1H3/t15-,16-/m0/s1. The van der Waals surface area contributed by atoms with Crippen molar-refractivity contribution in [1.82, 2.24) is 20.0 Å². The number of piperidine rings is 1. The van der Waals surface area contributed by atoms with Crippen molar-refractivity contribution < 1.29 is 9.59 Å². The van der Waals surface area contributed by atoms with Gasteiger partial charge in [-0.25, -0.2) is 0 Å². The largest absolute Gasteiger partial charge is 0.342 e. The number of nitrogens with one attached hydrogen (secondary N) is 1. The summed E-state index contributed by atoms with van der Waals surface area (Å²) in [7, 11) is 0. The zero-order valence-corrected chi connectivity index (χ0v) is 15.0. The highest BCUT2D eigenvalue weighted by Gasteiger charge is 2.30. The minimum atomic E-state index is 0.180. The molecule has 1 N–H and O–H groups in total. The Morgan fingerprint density at radius 1 is 0.958 bits per heavy atom. The number of nitrogens with zero attached hydrogens (tertiary/aromatic N) is 3. The molecule has 0 aromatic heterocycles. The van der Waals surface area contributed by atoms with Crippen molar-refractivity contribution in [2.45, 2.75) is 45.1 Å². The van der Waals surface area contributed by atoms with Crippen LogP contribution >= 0.6 is 0 Å². The highest BCUT2D eigenvalue weighted by atomic mass is 16.2. The van der Waals surface area contributed by atoms with Gasteiger partial charge in [-0.1, -0.05) is 0 Å². The molecule has 6 heteroatoms. The van der Waals surface area contributed by atoms with Crippen LogP contribution in [0.1, 0.15) is 39.0 Å². The fourth-order valence-corrected chi connectivity index (χ4v) is 4.22. The molecular weight excluding hydrogens is 304 g/mol. The van der Waals surface area contributed by atoms with E-state index in [-0.39, 0.29) is 11.8 Å². The van der Waals surface area contributed by atoms with Gasteiger partial charge in [0, 0.05) is 51.2 Å². The summed E-state index contributed by atoms with van der Waals surface area (Å²) in [6.07, 6.45) is 5.16. The van der Waals surface area contributed by atoms with Gasteiger partial charge in [0.25, 0.3) is 0 Å². The van der Waals surface area contributed by atoms with E-state index in [1.165, 1.54) is 0 Å². The molecule has 24 heavy (non-hydrogen) atoms. The molecule has 2 amide bonds. The van der Waals surface area contributed by atoms with Gasteiger partial charge in [0.05, 0.1) is 6.54 Å². The van der Waals surface area contributed by atoms with Crippen molar-refractivity contribution in [2.75, 3.05) is 52.4 Å². The van der Waals surface area contributed by atoms with Gasteiger partial charge in [0.1, 0.15) is 0 Å². The van der Waals surface area contributed by atoms with Crippen LogP contribution in [0.15, 0.2) is 0 Å². The third-order valence-corrected chi connectivity index (χ3v) is 5.69. The fraction of sp³-hybridized carbons (Fsp3) is 0.889. The van der Waals surface area contributed by atoms with E-state index in [0.29, 0.717) is 18.5 Å². The van der Waals surface area contributed by atoms with Crippen molar-refractivity contribution in [1.29, 1.82) is 0 Å². The van der Waals surface area contributed by atoms with Gasteiger partial charge >= 0.3 is 0 Å². The zero-order chi connectivity index (χ0) is 16.9. The van der Waals surface area contributed by atoms with Crippen LogP contribution in [0.2, 0.25) is 0 Å². The van der Waals surface area contributed by atoms with Gasteiger partial charge in [-0.3, -0.25) is 14.5 Å². The predicted octanol–water partition coefficient (Wildman–Crippen LogP) is 0.531. The minimum Gasteiger partial charge on any atom is -0.342 e. The van der Waals surface area contributed by atoms with Gasteiger partial charge in [0.15, 0.2) is 0 Å². The maximum Gasteiger partial charge on any atom is 0.236 e. The molecule has 0 radical (unpaired) electrons. The summed E-state index contributed by atoms with van der Waals surface area (Å²) in [6.45, 7) is 8.83. The Bertz CT molecular complexity index is 450. The summed E-state index contributed by atoms with van der Waals surface area (Å²) >= 11 is 0. The zero-order valence-electron chi connectivity index (χ0n) is 15.0. The quantitative estimate of drug-likeness (QED) is 0.817. The molecular formula is C18H32N4O2. The van der Waals surface area contributed by atoms with E-state index in [4.69, 9.17) is 0 Å². The van der Waals surface area contributed by atoms with Crippen LogP contribution in [-0.2, 0) is 9.59 Å². The highest BCUT2D eigenvalue weighted by molar-refractivity contribution is 5.79. The lowest BCUT2D eigenvalue weighted by Gasteiger charge is -2.31. The van der Waals surface area contributed by atoms with Gasteiger partial charge in [-0.05, 0) is 45.6 Å². The monoisotopic (exact) mass is 336 g/mol. The normalized spacial score (nSPS) is 29.5. The molecule has 0 saturated carbocycles. The summed E-state index contributed by atoms with van der Waals surface area (Å²) < 4.78 is 0. The number of hydrogen-bond acceptors (Lipinski definition) is 4. The molecule has 3 aliphatic heterocycles. The molecule has 3 saturated heterocycles. The number of likely N-dealkylation sites (tertiary alicyclic amines) is 1. The third kappa shape index (κ3) is 4.48. The Kier molecular flexibility index (Phi) is 6.11. The average Bonchev–Trinajstić information content (AvgIpc) is 3.02. The van der Waals surface area contributed by atoms with E-state index in [9.17, 15) is 9.59 Å². The van der Waals surface area contributed by atoms with E-state index in [2.05, 4.69) is 17.1 Å². The summed E-state index contributed by atoms with van der Waals surface area (Å²) in [5, 5.41) is 3.42. The molecule has 0 aliphatic carbocycles. The highest BCUT2D eigenvalue weighted by Crippen LogP contribution is 2.20. The van der Waals surface area contributed by atoms with Crippen LogP contribution in [0.3, 0.4) is 0 Å². The second kappa shape index (κ2) is 8.30. The van der Waals surface area contributed by atoms with Crippen molar-refractivity contribution in [3.63, 3.8) is 0 Å². The van der Waals surface area contributed by atoms with Crippen LogP contribution in [-0.4, -0.2) is 84.9 Å². The van der Waals surface area contributed by atoms with Crippen molar-refractivity contribution in [3.8, 4) is 0 Å². The SMILES string of the molecule is C[C@H]1C[C@@H](C(=O)N2CCCN(CC(=O)N3CCCC3)CC2)CCN1. The Morgan fingerprint density at radius 2 is 1.71 bits per heavy atom. The van der Waals surface area contributed by atoms with E-state index in [1.807, 2.05) is 9.80 Å². The molecule has 0 aromatic carbocycles. The van der Waals surface area contributed by atoms with Crippen LogP contribution in [0.25, 0.3) is 0 Å². The van der Waals surface area contributed by atoms with Gasteiger partial charge in [-0.2, -0.15) is 0 Å². The first-order valence-corrected chi connectivity index (χ1v) is 9.66. The van der Waals surface area contributed by atoms with E-state index < -0.39 is 0 Å². The smallest absolute Gasteiger partial charge is 0.236 e. The molecule has 6 nitrogen and oxygen atoms in total. The maximum absolute atomic E-state index is 12.8. The maximum atomic E-state index is 12.8. The lowest BCUT2D eigenvalue weighted by Crippen LogP contribution is -2.45. The Hall–Kier alpha value is -1.14.